The second-order valence-electron chi connectivity index (χ2n) is 9.33. The number of benzene rings is 1. The van der Waals surface area contributed by atoms with Crippen LogP contribution in [0.25, 0.3) is 0 Å². The molecule has 184 valence electrons. The Hall–Kier alpha value is -3.17. The SMILES string of the molecule is COc1cc(NC(=O)CN2CCC(C)CC2)ccc1Nc1nccc(N2CCc3sccc3C2)n1. The van der Waals surface area contributed by atoms with Crippen LogP contribution in [-0.4, -0.2) is 54.1 Å². The van der Waals surface area contributed by atoms with E-state index in [0.717, 1.165) is 62.9 Å². The smallest absolute Gasteiger partial charge is 0.238 e. The van der Waals surface area contributed by atoms with Crippen LogP contribution in [0.1, 0.15) is 30.2 Å². The highest BCUT2D eigenvalue weighted by Crippen LogP contribution is 2.31. The molecule has 0 aliphatic carbocycles. The zero-order valence-corrected chi connectivity index (χ0v) is 21.1. The number of anilines is 4. The summed E-state index contributed by atoms with van der Waals surface area (Å²) in [5.41, 5.74) is 2.83. The molecule has 1 amide bonds. The highest BCUT2D eigenvalue weighted by atomic mass is 32.1. The Morgan fingerprint density at radius 1 is 1.20 bits per heavy atom. The largest absolute Gasteiger partial charge is 0.494 e. The first-order valence-corrected chi connectivity index (χ1v) is 13.1. The summed E-state index contributed by atoms with van der Waals surface area (Å²) in [7, 11) is 1.62. The molecule has 0 unspecified atom stereocenters. The summed E-state index contributed by atoms with van der Waals surface area (Å²) in [4.78, 5) is 27.7. The molecular weight excluding hydrogens is 460 g/mol. The second-order valence-corrected chi connectivity index (χ2v) is 10.3. The maximum Gasteiger partial charge on any atom is 0.238 e. The molecule has 4 heterocycles. The van der Waals surface area contributed by atoms with Gasteiger partial charge in [-0.1, -0.05) is 6.92 Å². The first-order chi connectivity index (χ1) is 17.1. The minimum atomic E-state index is -0.00587. The number of carbonyl (C=O) groups excluding carboxylic acids is 1. The Balaban J connectivity index is 1.23. The Bertz CT molecular complexity index is 1170. The maximum absolute atomic E-state index is 12.6. The summed E-state index contributed by atoms with van der Waals surface area (Å²) in [6.07, 6.45) is 5.11. The molecule has 2 N–H and O–H groups in total. The number of hydrogen-bond donors (Lipinski definition) is 2. The van der Waals surface area contributed by atoms with E-state index in [1.807, 2.05) is 35.6 Å². The summed E-state index contributed by atoms with van der Waals surface area (Å²) in [6, 6.07) is 9.72. The van der Waals surface area contributed by atoms with Gasteiger partial charge in [-0.05, 0) is 73.5 Å². The number of nitrogens with zero attached hydrogens (tertiary/aromatic N) is 4. The van der Waals surface area contributed by atoms with Gasteiger partial charge in [0.2, 0.25) is 11.9 Å². The van der Waals surface area contributed by atoms with Gasteiger partial charge < -0.3 is 20.3 Å². The van der Waals surface area contributed by atoms with Crippen LogP contribution in [0.15, 0.2) is 41.9 Å². The minimum Gasteiger partial charge on any atom is -0.494 e. The van der Waals surface area contributed by atoms with Crippen molar-refractivity contribution < 1.29 is 9.53 Å². The lowest BCUT2D eigenvalue weighted by Gasteiger charge is -2.29. The standard InChI is InChI=1S/C26H32N6O2S/c1-18-6-11-31(12-7-18)17-25(33)28-20-3-4-21(22(15-20)34-2)29-26-27-10-5-24(30-26)32-13-8-23-19(16-32)9-14-35-23/h3-5,9-10,14-15,18H,6-8,11-13,16-17H2,1-2H3,(H,28,33)(H,27,29,30). The highest BCUT2D eigenvalue weighted by molar-refractivity contribution is 7.10. The third-order valence-corrected chi connectivity index (χ3v) is 7.77. The number of rotatable bonds is 7. The monoisotopic (exact) mass is 492 g/mol. The van der Waals surface area contributed by atoms with E-state index in [2.05, 4.69) is 43.8 Å². The number of thiophene rings is 1. The van der Waals surface area contributed by atoms with Crippen molar-refractivity contribution in [2.45, 2.75) is 32.7 Å². The van der Waals surface area contributed by atoms with Crippen LogP contribution in [0.2, 0.25) is 0 Å². The quantitative estimate of drug-likeness (QED) is 0.502. The molecule has 2 aliphatic heterocycles. The van der Waals surface area contributed by atoms with Crippen LogP contribution in [0.3, 0.4) is 0 Å². The molecule has 2 aliphatic rings. The minimum absolute atomic E-state index is 0.00587. The molecular formula is C26H32N6O2S. The van der Waals surface area contributed by atoms with Gasteiger partial charge >= 0.3 is 0 Å². The second kappa shape index (κ2) is 10.6. The predicted molar refractivity (Wildman–Crippen MR) is 141 cm³/mol. The van der Waals surface area contributed by atoms with E-state index in [4.69, 9.17) is 9.72 Å². The fourth-order valence-electron chi connectivity index (χ4n) is 4.65. The van der Waals surface area contributed by atoms with Crippen molar-refractivity contribution in [1.29, 1.82) is 0 Å². The van der Waals surface area contributed by atoms with Crippen LogP contribution in [0, 0.1) is 5.92 Å². The lowest BCUT2D eigenvalue weighted by atomic mass is 9.99. The molecule has 0 radical (unpaired) electrons. The Morgan fingerprint density at radius 2 is 2.06 bits per heavy atom. The molecule has 8 nitrogen and oxygen atoms in total. The molecule has 0 atom stereocenters. The predicted octanol–water partition coefficient (Wildman–Crippen LogP) is 4.52. The number of fused-ring (bicyclic) bond motifs is 1. The first kappa shape index (κ1) is 23.6. The van der Waals surface area contributed by atoms with Gasteiger partial charge in [0.1, 0.15) is 11.6 Å². The molecule has 1 aromatic carbocycles. The lowest BCUT2D eigenvalue weighted by molar-refractivity contribution is -0.117. The Labute approximate surface area is 210 Å². The number of aromatic nitrogens is 2. The third-order valence-electron chi connectivity index (χ3n) is 6.75. The van der Waals surface area contributed by atoms with E-state index < -0.39 is 0 Å². The van der Waals surface area contributed by atoms with Crippen LogP contribution < -0.4 is 20.3 Å². The van der Waals surface area contributed by atoms with Gasteiger partial charge in [0, 0.05) is 35.9 Å². The van der Waals surface area contributed by atoms with Crippen LogP contribution in [-0.2, 0) is 17.8 Å². The number of likely N-dealkylation sites (tertiary alicyclic amines) is 1. The van der Waals surface area contributed by atoms with E-state index in [9.17, 15) is 4.79 Å². The van der Waals surface area contributed by atoms with Crippen molar-refractivity contribution in [1.82, 2.24) is 14.9 Å². The average molecular weight is 493 g/mol. The van der Waals surface area contributed by atoms with Crippen molar-refractivity contribution in [2.24, 2.45) is 5.92 Å². The fourth-order valence-corrected chi connectivity index (χ4v) is 5.54. The van der Waals surface area contributed by atoms with Gasteiger partial charge in [-0.15, -0.1) is 11.3 Å². The number of amides is 1. The molecule has 1 saturated heterocycles. The summed E-state index contributed by atoms with van der Waals surface area (Å²) >= 11 is 1.83. The van der Waals surface area contributed by atoms with E-state index in [-0.39, 0.29) is 5.91 Å². The molecule has 1 fully saturated rings. The average Bonchev–Trinajstić information content (AvgIpc) is 3.34. The van der Waals surface area contributed by atoms with Crippen molar-refractivity contribution in [3.8, 4) is 5.75 Å². The Kier molecular flexibility index (Phi) is 7.15. The van der Waals surface area contributed by atoms with Crippen LogP contribution in [0.4, 0.5) is 23.1 Å². The molecule has 0 spiro atoms. The van der Waals surface area contributed by atoms with E-state index >= 15 is 0 Å². The number of hydrogen-bond acceptors (Lipinski definition) is 8. The highest BCUT2D eigenvalue weighted by Gasteiger charge is 2.20. The van der Waals surface area contributed by atoms with Crippen LogP contribution in [0.5, 0.6) is 5.75 Å². The molecule has 3 aromatic rings. The molecule has 35 heavy (non-hydrogen) atoms. The number of ether oxygens (including phenoxy) is 1. The van der Waals surface area contributed by atoms with Crippen molar-refractivity contribution in [3.05, 3.63) is 52.3 Å². The van der Waals surface area contributed by atoms with E-state index in [1.165, 1.54) is 10.4 Å². The van der Waals surface area contributed by atoms with Gasteiger partial charge in [-0.25, -0.2) is 4.98 Å². The first-order valence-electron chi connectivity index (χ1n) is 12.2. The zero-order chi connectivity index (χ0) is 24.2. The van der Waals surface area contributed by atoms with Crippen molar-refractivity contribution >= 4 is 40.4 Å². The topological polar surface area (TPSA) is 82.6 Å². The van der Waals surface area contributed by atoms with Crippen molar-refractivity contribution in [2.75, 3.05) is 48.8 Å². The van der Waals surface area contributed by atoms with Gasteiger partial charge in [0.05, 0.1) is 19.3 Å². The number of carbonyl (C=O) groups is 1. The number of methoxy groups -OCH3 is 1. The number of nitrogens with one attached hydrogen (secondary N) is 2. The maximum atomic E-state index is 12.6. The summed E-state index contributed by atoms with van der Waals surface area (Å²) in [5.74, 6) is 2.76. The van der Waals surface area contributed by atoms with Gasteiger partial charge in [-0.2, -0.15) is 4.98 Å². The zero-order valence-electron chi connectivity index (χ0n) is 20.3. The third kappa shape index (κ3) is 5.74. The van der Waals surface area contributed by atoms with Crippen LogP contribution >= 0.6 is 11.3 Å². The lowest BCUT2D eigenvalue weighted by Crippen LogP contribution is -2.38. The number of piperidine rings is 1. The van der Waals surface area contributed by atoms with E-state index in [0.29, 0.717) is 23.9 Å². The van der Waals surface area contributed by atoms with Gasteiger partial charge in [-0.3, -0.25) is 9.69 Å². The Morgan fingerprint density at radius 3 is 2.89 bits per heavy atom. The molecule has 9 heteroatoms. The summed E-state index contributed by atoms with van der Waals surface area (Å²) < 4.78 is 5.59. The molecule has 0 bridgehead atoms. The fraction of sp³-hybridized carbons (Fsp3) is 0.423. The normalized spacial score (nSPS) is 16.6. The van der Waals surface area contributed by atoms with Gasteiger partial charge in [0.25, 0.3) is 0 Å². The molecule has 2 aromatic heterocycles. The molecule has 0 saturated carbocycles. The summed E-state index contributed by atoms with van der Waals surface area (Å²) in [6.45, 7) is 6.45. The molecule has 5 rings (SSSR count). The van der Waals surface area contributed by atoms with Gasteiger partial charge in [0.15, 0.2) is 0 Å². The van der Waals surface area contributed by atoms with Crippen molar-refractivity contribution in [3.63, 3.8) is 0 Å². The summed E-state index contributed by atoms with van der Waals surface area (Å²) in [5, 5.41) is 8.43. The van der Waals surface area contributed by atoms with E-state index in [1.54, 1.807) is 13.3 Å².